The Hall–Kier alpha value is -1.47. The molecule has 7 nitrogen and oxygen atoms in total. The van der Waals surface area contributed by atoms with Gasteiger partial charge in [-0.15, -0.1) is 0 Å². The Kier molecular flexibility index (Phi) is 7.31. The first-order valence-electron chi connectivity index (χ1n) is 7.48. The highest BCUT2D eigenvalue weighted by atomic mass is 16.6. The molecule has 1 aromatic rings. The molecule has 0 amide bonds. The number of nitro groups is 1. The fraction of sp³-hybridized carbons (Fsp3) is 0.786. The van der Waals surface area contributed by atoms with Crippen molar-refractivity contribution in [2.24, 2.45) is 0 Å². The summed E-state index contributed by atoms with van der Waals surface area (Å²) in [6, 6.07) is 0.0559. The third kappa shape index (κ3) is 4.78. The third-order valence-electron chi connectivity index (χ3n) is 3.31. The molecule has 1 unspecified atom stereocenters. The average Bonchev–Trinajstić information content (AvgIpc) is 2.73. The summed E-state index contributed by atoms with van der Waals surface area (Å²) < 4.78 is 6.99. The van der Waals surface area contributed by atoms with Crippen LogP contribution < -0.4 is 5.32 Å². The highest BCUT2D eigenvalue weighted by Gasteiger charge is 2.26. The van der Waals surface area contributed by atoms with Crippen molar-refractivity contribution >= 4 is 5.69 Å². The van der Waals surface area contributed by atoms with Gasteiger partial charge in [-0.3, -0.25) is 14.8 Å². The SMILES string of the molecule is CCCNC(COC)Cc1c([N+](=O)[O-])c(C)nn1CCC. The predicted molar refractivity (Wildman–Crippen MR) is 81.6 cm³/mol. The van der Waals surface area contributed by atoms with E-state index in [1.807, 2.05) is 6.92 Å². The van der Waals surface area contributed by atoms with Gasteiger partial charge in [0.2, 0.25) is 0 Å². The molecule has 1 N–H and O–H groups in total. The molecular weight excluding hydrogens is 272 g/mol. The Morgan fingerprint density at radius 3 is 2.67 bits per heavy atom. The van der Waals surface area contributed by atoms with Gasteiger partial charge in [0.15, 0.2) is 0 Å². The summed E-state index contributed by atoms with van der Waals surface area (Å²) in [6.07, 6.45) is 2.45. The summed E-state index contributed by atoms with van der Waals surface area (Å²) in [6.45, 7) is 7.89. The monoisotopic (exact) mass is 298 g/mol. The standard InChI is InChI=1S/C14H26N4O3/c1-5-7-15-12(10-21-4)9-13-14(18(19)20)11(3)16-17(13)8-6-2/h12,15H,5-10H2,1-4H3. The Labute approximate surface area is 125 Å². The summed E-state index contributed by atoms with van der Waals surface area (Å²) >= 11 is 0. The van der Waals surface area contributed by atoms with Crippen LogP contribution in [0.1, 0.15) is 38.1 Å². The molecule has 1 heterocycles. The molecule has 0 saturated heterocycles. The minimum Gasteiger partial charge on any atom is -0.383 e. The number of ether oxygens (including phenoxy) is 1. The van der Waals surface area contributed by atoms with Crippen LogP contribution in [0, 0.1) is 17.0 Å². The van der Waals surface area contributed by atoms with E-state index in [4.69, 9.17) is 4.74 Å². The molecular formula is C14H26N4O3. The zero-order valence-electron chi connectivity index (χ0n) is 13.4. The number of methoxy groups -OCH3 is 1. The summed E-state index contributed by atoms with van der Waals surface area (Å²) in [5.74, 6) is 0. The quantitative estimate of drug-likeness (QED) is 0.528. The normalized spacial score (nSPS) is 12.6. The fourth-order valence-electron chi connectivity index (χ4n) is 2.43. The third-order valence-corrected chi connectivity index (χ3v) is 3.31. The molecule has 0 fully saturated rings. The van der Waals surface area contributed by atoms with Crippen molar-refractivity contribution in [1.29, 1.82) is 0 Å². The molecule has 21 heavy (non-hydrogen) atoms. The summed E-state index contributed by atoms with van der Waals surface area (Å²) in [5, 5.41) is 19.0. The van der Waals surface area contributed by atoms with Crippen LogP contribution in [0.15, 0.2) is 0 Å². The first-order valence-corrected chi connectivity index (χ1v) is 7.48. The van der Waals surface area contributed by atoms with Crippen molar-refractivity contribution in [2.75, 3.05) is 20.3 Å². The van der Waals surface area contributed by atoms with Crippen molar-refractivity contribution in [1.82, 2.24) is 15.1 Å². The van der Waals surface area contributed by atoms with Crippen molar-refractivity contribution in [3.8, 4) is 0 Å². The van der Waals surface area contributed by atoms with E-state index in [0.717, 1.165) is 19.4 Å². The minimum absolute atomic E-state index is 0.0559. The lowest BCUT2D eigenvalue weighted by Gasteiger charge is -2.18. The molecule has 0 bridgehead atoms. The van der Waals surface area contributed by atoms with Gasteiger partial charge in [-0.25, -0.2) is 0 Å². The molecule has 1 rings (SSSR count). The smallest absolute Gasteiger partial charge is 0.313 e. The molecule has 0 aliphatic rings. The minimum atomic E-state index is -0.326. The molecule has 0 aliphatic carbocycles. The lowest BCUT2D eigenvalue weighted by Crippen LogP contribution is -2.36. The number of aryl methyl sites for hydroxylation is 2. The maximum absolute atomic E-state index is 11.3. The maximum atomic E-state index is 11.3. The van der Waals surface area contributed by atoms with Crippen molar-refractivity contribution in [2.45, 2.75) is 52.6 Å². The van der Waals surface area contributed by atoms with Gasteiger partial charge in [-0.2, -0.15) is 5.10 Å². The van der Waals surface area contributed by atoms with Gasteiger partial charge in [0.25, 0.3) is 0 Å². The fourth-order valence-corrected chi connectivity index (χ4v) is 2.43. The van der Waals surface area contributed by atoms with E-state index in [0.29, 0.717) is 31.0 Å². The molecule has 0 saturated carbocycles. The highest BCUT2D eigenvalue weighted by Crippen LogP contribution is 2.24. The Morgan fingerprint density at radius 2 is 2.14 bits per heavy atom. The predicted octanol–water partition coefficient (Wildman–Crippen LogP) is 2.07. The summed E-state index contributed by atoms with van der Waals surface area (Å²) in [4.78, 5) is 11.0. The van der Waals surface area contributed by atoms with Crippen LogP contribution in [-0.2, 0) is 17.7 Å². The number of hydrogen-bond acceptors (Lipinski definition) is 5. The summed E-state index contributed by atoms with van der Waals surface area (Å²) in [7, 11) is 1.64. The topological polar surface area (TPSA) is 82.2 Å². The van der Waals surface area contributed by atoms with Crippen molar-refractivity contribution in [3.05, 3.63) is 21.5 Å². The van der Waals surface area contributed by atoms with Gasteiger partial charge in [0.05, 0.1) is 11.5 Å². The zero-order chi connectivity index (χ0) is 15.8. The zero-order valence-corrected chi connectivity index (χ0v) is 13.4. The number of nitrogens with one attached hydrogen (secondary N) is 1. The van der Waals surface area contributed by atoms with Gasteiger partial charge in [0, 0.05) is 26.1 Å². The Morgan fingerprint density at radius 1 is 1.43 bits per heavy atom. The van der Waals surface area contributed by atoms with Crippen LogP contribution >= 0.6 is 0 Å². The summed E-state index contributed by atoms with van der Waals surface area (Å²) in [5.41, 5.74) is 1.31. The largest absolute Gasteiger partial charge is 0.383 e. The van der Waals surface area contributed by atoms with E-state index >= 15 is 0 Å². The van der Waals surface area contributed by atoms with Crippen LogP contribution in [0.3, 0.4) is 0 Å². The molecule has 7 heteroatoms. The van der Waals surface area contributed by atoms with E-state index in [9.17, 15) is 10.1 Å². The molecule has 1 atom stereocenters. The van der Waals surface area contributed by atoms with Gasteiger partial charge >= 0.3 is 5.69 Å². The number of rotatable bonds is 10. The maximum Gasteiger partial charge on any atom is 0.313 e. The first-order chi connectivity index (χ1) is 10.0. The van der Waals surface area contributed by atoms with Crippen LogP contribution in [-0.4, -0.2) is 41.0 Å². The van der Waals surface area contributed by atoms with E-state index in [1.54, 1.807) is 18.7 Å². The lowest BCUT2D eigenvalue weighted by molar-refractivity contribution is -0.386. The van der Waals surface area contributed by atoms with Crippen LogP contribution in [0.4, 0.5) is 5.69 Å². The molecule has 1 aromatic heterocycles. The van der Waals surface area contributed by atoms with Crippen molar-refractivity contribution in [3.63, 3.8) is 0 Å². The van der Waals surface area contributed by atoms with Crippen molar-refractivity contribution < 1.29 is 9.66 Å². The first kappa shape index (κ1) is 17.6. The number of hydrogen-bond donors (Lipinski definition) is 1. The number of nitrogens with zero attached hydrogens (tertiary/aromatic N) is 3. The van der Waals surface area contributed by atoms with Gasteiger partial charge in [-0.05, 0) is 26.3 Å². The molecule has 0 aliphatic heterocycles. The Bertz CT molecular complexity index is 459. The molecule has 120 valence electrons. The average molecular weight is 298 g/mol. The molecule has 0 radical (unpaired) electrons. The van der Waals surface area contributed by atoms with E-state index in [1.165, 1.54) is 0 Å². The van der Waals surface area contributed by atoms with E-state index < -0.39 is 0 Å². The van der Waals surface area contributed by atoms with Crippen LogP contribution in [0.5, 0.6) is 0 Å². The second-order valence-corrected chi connectivity index (χ2v) is 5.17. The lowest BCUT2D eigenvalue weighted by atomic mass is 10.1. The number of aromatic nitrogens is 2. The van der Waals surface area contributed by atoms with Gasteiger partial charge in [0.1, 0.15) is 11.4 Å². The Balaban J connectivity index is 3.03. The molecule has 0 aromatic carbocycles. The van der Waals surface area contributed by atoms with E-state index in [2.05, 4.69) is 17.3 Å². The van der Waals surface area contributed by atoms with E-state index in [-0.39, 0.29) is 16.7 Å². The highest BCUT2D eigenvalue weighted by molar-refractivity contribution is 5.41. The van der Waals surface area contributed by atoms with Crippen LogP contribution in [0.25, 0.3) is 0 Å². The second-order valence-electron chi connectivity index (χ2n) is 5.17. The van der Waals surface area contributed by atoms with Gasteiger partial charge in [-0.1, -0.05) is 13.8 Å². The second kappa shape index (κ2) is 8.74. The van der Waals surface area contributed by atoms with Crippen LogP contribution in [0.2, 0.25) is 0 Å². The molecule has 0 spiro atoms. The van der Waals surface area contributed by atoms with Gasteiger partial charge < -0.3 is 10.1 Å².